The molecule has 1 aliphatic heterocycles. The lowest BCUT2D eigenvalue weighted by atomic mass is 9.84. The lowest BCUT2D eigenvalue weighted by Gasteiger charge is -2.24. The minimum absolute atomic E-state index is 0.413. The van der Waals surface area contributed by atoms with Gasteiger partial charge < -0.3 is 0 Å². The van der Waals surface area contributed by atoms with Crippen molar-refractivity contribution in [2.24, 2.45) is 0 Å². The van der Waals surface area contributed by atoms with Gasteiger partial charge in [-0.25, -0.2) is 0 Å². The predicted octanol–water partition coefficient (Wildman–Crippen LogP) is 10.1. The summed E-state index contributed by atoms with van der Waals surface area (Å²) in [7, 11) is 0. The SMILES string of the molecule is C1=CC2c3ccccc3SC2C(c2c(-c3cccc4c3sc3ccccc34)sc3ccccc23)=C1. The van der Waals surface area contributed by atoms with Crippen molar-refractivity contribution >= 4 is 70.3 Å². The zero-order chi connectivity index (χ0) is 22.9. The summed E-state index contributed by atoms with van der Waals surface area (Å²) in [5, 5.41) is 4.52. The lowest BCUT2D eigenvalue weighted by molar-refractivity contribution is 0.894. The predicted molar refractivity (Wildman–Crippen MR) is 156 cm³/mol. The number of allylic oxidation sites excluding steroid dienone is 3. The molecule has 0 saturated carbocycles. The zero-order valence-corrected chi connectivity index (χ0v) is 21.2. The van der Waals surface area contributed by atoms with Gasteiger partial charge in [0.05, 0.1) is 0 Å². The van der Waals surface area contributed by atoms with Gasteiger partial charge in [0.25, 0.3) is 0 Å². The highest BCUT2D eigenvalue weighted by Crippen LogP contribution is 2.56. The molecule has 4 aromatic carbocycles. The minimum atomic E-state index is 0.413. The fourth-order valence-electron chi connectivity index (χ4n) is 5.74. The Labute approximate surface area is 216 Å². The molecule has 3 heteroatoms. The molecule has 0 spiro atoms. The third-order valence-electron chi connectivity index (χ3n) is 7.29. The van der Waals surface area contributed by atoms with Gasteiger partial charge in [-0.3, -0.25) is 0 Å². The number of thiophene rings is 2. The molecule has 0 saturated heterocycles. The molecule has 2 unspecified atom stereocenters. The van der Waals surface area contributed by atoms with Crippen LogP contribution in [0.15, 0.2) is 114 Å². The van der Waals surface area contributed by atoms with Crippen LogP contribution in [-0.2, 0) is 0 Å². The minimum Gasteiger partial charge on any atom is -0.135 e. The summed E-state index contributed by atoms with van der Waals surface area (Å²) in [5.41, 5.74) is 5.73. The summed E-state index contributed by atoms with van der Waals surface area (Å²) in [6, 6.07) is 33.6. The molecule has 0 radical (unpaired) electrons. The first kappa shape index (κ1) is 20.1. The maximum absolute atomic E-state index is 2.40. The van der Waals surface area contributed by atoms with Gasteiger partial charge in [-0.1, -0.05) is 91.0 Å². The van der Waals surface area contributed by atoms with E-state index in [1.54, 1.807) is 0 Å². The molecular formula is C32H20S3. The maximum atomic E-state index is 2.40. The van der Waals surface area contributed by atoms with Crippen LogP contribution in [0, 0.1) is 0 Å². The van der Waals surface area contributed by atoms with Gasteiger partial charge in [-0.15, -0.1) is 34.4 Å². The van der Waals surface area contributed by atoms with E-state index in [0.29, 0.717) is 11.2 Å². The smallest absolute Gasteiger partial charge is 0.0454 e. The first-order valence-corrected chi connectivity index (χ1v) is 14.4. The molecular weight excluding hydrogens is 481 g/mol. The van der Waals surface area contributed by atoms with Crippen LogP contribution in [0.5, 0.6) is 0 Å². The normalized spacial score (nSPS) is 18.8. The topological polar surface area (TPSA) is 0 Å². The summed E-state index contributed by atoms with van der Waals surface area (Å²) < 4.78 is 4.12. The van der Waals surface area contributed by atoms with Crippen molar-refractivity contribution in [3.8, 4) is 10.4 Å². The van der Waals surface area contributed by atoms with Crippen LogP contribution in [0.2, 0.25) is 0 Å². The van der Waals surface area contributed by atoms with Crippen molar-refractivity contribution in [1.29, 1.82) is 0 Å². The molecule has 3 heterocycles. The fraction of sp³-hybridized carbons (Fsp3) is 0.0625. The quantitative estimate of drug-likeness (QED) is 0.228. The van der Waals surface area contributed by atoms with Crippen LogP contribution < -0.4 is 0 Å². The molecule has 2 aliphatic rings. The summed E-state index contributed by atoms with van der Waals surface area (Å²) in [5.74, 6) is 0.433. The first-order chi connectivity index (χ1) is 17.4. The van der Waals surface area contributed by atoms with Crippen molar-refractivity contribution in [1.82, 2.24) is 0 Å². The van der Waals surface area contributed by atoms with Crippen molar-refractivity contribution in [3.63, 3.8) is 0 Å². The summed E-state index contributed by atoms with van der Waals surface area (Å²) in [6.07, 6.45) is 7.06. The van der Waals surface area contributed by atoms with Crippen LogP contribution in [0.1, 0.15) is 17.0 Å². The van der Waals surface area contributed by atoms with Gasteiger partial charge >= 0.3 is 0 Å². The molecule has 35 heavy (non-hydrogen) atoms. The third-order valence-corrected chi connectivity index (χ3v) is 11.1. The van der Waals surface area contributed by atoms with Crippen LogP contribution in [-0.4, -0.2) is 5.25 Å². The molecule has 2 aromatic heterocycles. The Bertz CT molecular complexity index is 1850. The van der Waals surface area contributed by atoms with E-state index in [9.17, 15) is 0 Å². The zero-order valence-electron chi connectivity index (χ0n) is 18.8. The maximum Gasteiger partial charge on any atom is 0.0454 e. The fourth-order valence-corrected chi connectivity index (χ4v) is 9.77. The average Bonchev–Trinajstić information content (AvgIpc) is 3.59. The Balaban J connectivity index is 1.40. The second-order valence-electron chi connectivity index (χ2n) is 9.19. The monoisotopic (exact) mass is 500 g/mol. The standard InChI is InChI=1S/C32H20S3/c1-4-16-26-19(9-1)21-12-7-14-24(30(21)33-26)29-23-11-3-6-18-28(23)35-32(29)25-15-8-13-22-20-10-2-5-17-27(20)34-31(22)25/h1-18,21,30H. The van der Waals surface area contributed by atoms with Crippen LogP contribution >= 0.6 is 34.4 Å². The molecule has 6 aromatic rings. The Hall–Kier alpha value is -3.11. The first-order valence-electron chi connectivity index (χ1n) is 11.9. The van der Waals surface area contributed by atoms with E-state index in [2.05, 4.69) is 109 Å². The number of hydrogen-bond donors (Lipinski definition) is 0. The summed E-state index contributed by atoms with van der Waals surface area (Å²) in [6.45, 7) is 0. The van der Waals surface area contributed by atoms with Crippen molar-refractivity contribution < 1.29 is 0 Å². The molecule has 0 nitrogen and oxygen atoms in total. The van der Waals surface area contributed by atoms with E-state index >= 15 is 0 Å². The molecule has 0 bridgehead atoms. The Morgan fingerprint density at radius 1 is 0.629 bits per heavy atom. The highest BCUT2D eigenvalue weighted by atomic mass is 32.2. The molecule has 2 atom stereocenters. The van der Waals surface area contributed by atoms with Gasteiger partial charge in [0.15, 0.2) is 0 Å². The van der Waals surface area contributed by atoms with E-state index in [1.165, 1.54) is 62.3 Å². The van der Waals surface area contributed by atoms with Crippen molar-refractivity contribution in [3.05, 3.63) is 120 Å². The number of rotatable bonds is 2. The number of thioether (sulfide) groups is 1. The molecule has 0 fully saturated rings. The Morgan fingerprint density at radius 2 is 1.37 bits per heavy atom. The summed E-state index contributed by atoms with van der Waals surface area (Å²) in [4.78, 5) is 2.83. The molecule has 166 valence electrons. The van der Waals surface area contributed by atoms with E-state index < -0.39 is 0 Å². The van der Waals surface area contributed by atoms with Gasteiger partial charge in [0, 0.05) is 62.3 Å². The van der Waals surface area contributed by atoms with E-state index in [0.717, 1.165) is 0 Å². The van der Waals surface area contributed by atoms with Gasteiger partial charge in [0.1, 0.15) is 0 Å². The van der Waals surface area contributed by atoms with Gasteiger partial charge in [-0.05, 0) is 29.3 Å². The third kappa shape index (κ3) is 2.92. The van der Waals surface area contributed by atoms with Gasteiger partial charge in [-0.2, -0.15) is 0 Å². The van der Waals surface area contributed by atoms with Crippen LogP contribution in [0.3, 0.4) is 0 Å². The lowest BCUT2D eigenvalue weighted by Crippen LogP contribution is -2.13. The van der Waals surface area contributed by atoms with Crippen molar-refractivity contribution in [2.45, 2.75) is 16.1 Å². The van der Waals surface area contributed by atoms with Crippen LogP contribution in [0.4, 0.5) is 0 Å². The Morgan fingerprint density at radius 3 is 2.29 bits per heavy atom. The highest BCUT2D eigenvalue weighted by molar-refractivity contribution is 8.00. The molecule has 1 aliphatic carbocycles. The second kappa shape index (κ2) is 7.69. The molecule has 0 N–H and O–H groups in total. The van der Waals surface area contributed by atoms with Crippen LogP contribution in [0.25, 0.3) is 46.3 Å². The average molecular weight is 501 g/mol. The molecule has 8 rings (SSSR count). The van der Waals surface area contributed by atoms with E-state index in [-0.39, 0.29) is 0 Å². The number of hydrogen-bond acceptors (Lipinski definition) is 3. The Kier molecular flexibility index (Phi) is 4.42. The summed E-state index contributed by atoms with van der Waals surface area (Å²) >= 11 is 5.91. The number of benzene rings is 4. The second-order valence-corrected chi connectivity index (χ2v) is 12.5. The molecule has 0 amide bonds. The van der Waals surface area contributed by atoms with E-state index in [1.807, 2.05) is 34.4 Å². The van der Waals surface area contributed by atoms with Crippen molar-refractivity contribution in [2.75, 3.05) is 0 Å². The van der Waals surface area contributed by atoms with Gasteiger partial charge in [0.2, 0.25) is 0 Å². The van der Waals surface area contributed by atoms with E-state index in [4.69, 9.17) is 0 Å². The number of fused-ring (bicyclic) bond motifs is 7. The highest BCUT2D eigenvalue weighted by Gasteiger charge is 2.37. The largest absolute Gasteiger partial charge is 0.135 e.